The van der Waals surface area contributed by atoms with E-state index in [4.69, 9.17) is 11.6 Å². The van der Waals surface area contributed by atoms with E-state index < -0.39 is 5.82 Å². The summed E-state index contributed by atoms with van der Waals surface area (Å²) in [6, 6.07) is 4.31. The summed E-state index contributed by atoms with van der Waals surface area (Å²) in [5.74, 6) is -0.0854. The second-order valence-electron chi connectivity index (χ2n) is 5.70. The van der Waals surface area contributed by atoms with E-state index >= 15 is 0 Å². The summed E-state index contributed by atoms with van der Waals surface area (Å²) in [4.78, 5) is 14.2. The summed E-state index contributed by atoms with van der Waals surface area (Å²) >= 11 is 5.67. The molecule has 1 aliphatic heterocycles. The second kappa shape index (κ2) is 7.09. The maximum atomic E-state index is 13.6. The fourth-order valence-electron chi connectivity index (χ4n) is 2.49. The van der Waals surface area contributed by atoms with Crippen LogP contribution in [0.4, 0.5) is 14.9 Å². The zero-order valence-corrected chi connectivity index (χ0v) is 13.1. The quantitative estimate of drug-likeness (QED) is 0.895. The minimum atomic E-state index is -0.538. The Balaban J connectivity index is 1.78. The van der Waals surface area contributed by atoms with Crippen LogP contribution in [0.15, 0.2) is 18.2 Å². The van der Waals surface area contributed by atoms with E-state index in [1.807, 2.05) is 0 Å². The first-order chi connectivity index (χ1) is 9.95. The van der Waals surface area contributed by atoms with Crippen molar-refractivity contribution in [1.82, 2.24) is 10.2 Å². The lowest BCUT2D eigenvalue weighted by atomic mass is 10.1. The number of halogens is 2. The van der Waals surface area contributed by atoms with Gasteiger partial charge in [0.1, 0.15) is 5.82 Å². The van der Waals surface area contributed by atoms with Gasteiger partial charge < -0.3 is 15.5 Å². The molecule has 21 heavy (non-hydrogen) atoms. The first-order valence-corrected chi connectivity index (χ1v) is 7.57. The molecular weight excluding hydrogens is 293 g/mol. The number of hydrogen-bond acceptors (Lipinski definition) is 2. The lowest BCUT2D eigenvalue weighted by Gasteiger charge is -2.20. The van der Waals surface area contributed by atoms with Crippen molar-refractivity contribution in [3.63, 3.8) is 0 Å². The summed E-state index contributed by atoms with van der Waals surface area (Å²) in [7, 11) is 0. The lowest BCUT2D eigenvalue weighted by molar-refractivity contribution is 0.247. The van der Waals surface area contributed by atoms with Gasteiger partial charge in [-0.2, -0.15) is 0 Å². The number of likely N-dealkylation sites (tertiary alicyclic amines) is 1. The van der Waals surface area contributed by atoms with Crippen molar-refractivity contribution in [2.45, 2.75) is 26.3 Å². The molecular formula is C15H21ClFN3O. The highest BCUT2D eigenvalue weighted by atomic mass is 35.5. The average molecular weight is 314 g/mol. The van der Waals surface area contributed by atoms with Crippen LogP contribution in [0.25, 0.3) is 0 Å². The van der Waals surface area contributed by atoms with Crippen LogP contribution in [0.1, 0.15) is 20.3 Å². The summed E-state index contributed by atoms with van der Waals surface area (Å²) < 4.78 is 13.6. The van der Waals surface area contributed by atoms with Crippen molar-refractivity contribution in [2.75, 3.05) is 25.0 Å². The molecule has 1 saturated heterocycles. The SMILES string of the molecule is CC(C)N1CC[C@@H](CNC(=O)Nc2ccc(Cl)cc2F)C1. The number of amides is 2. The molecule has 2 amide bonds. The molecule has 2 rings (SSSR count). The number of rotatable bonds is 4. The van der Waals surface area contributed by atoms with Gasteiger partial charge in [-0.3, -0.25) is 0 Å². The zero-order valence-electron chi connectivity index (χ0n) is 12.3. The Hall–Kier alpha value is -1.33. The fourth-order valence-corrected chi connectivity index (χ4v) is 2.65. The molecule has 0 radical (unpaired) electrons. The van der Waals surface area contributed by atoms with Gasteiger partial charge in [0.25, 0.3) is 0 Å². The molecule has 6 heteroatoms. The molecule has 4 nitrogen and oxygen atoms in total. The number of urea groups is 1. The van der Waals surface area contributed by atoms with Crippen molar-refractivity contribution < 1.29 is 9.18 Å². The minimum absolute atomic E-state index is 0.132. The van der Waals surface area contributed by atoms with Gasteiger partial charge in [-0.05, 0) is 50.9 Å². The van der Waals surface area contributed by atoms with Gasteiger partial charge in [0, 0.05) is 24.2 Å². The lowest BCUT2D eigenvalue weighted by Crippen LogP contribution is -2.35. The van der Waals surface area contributed by atoms with Crippen LogP contribution in [0.5, 0.6) is 0 Å². The Kier molecular flexibility index (Phi) is 5.42. The fraction of sp³-hybridized carbons (Fsp3) is 0.533. The molecule has 1 aromatic carbocycles. The molecule has 0 bridgehead atoms. The van der Waals surface area contributed by atoms with E-state index in [1.54, 1.807) is 0 Å². The van der Waals surface area contributed by atoms with Crippen LogP contribution in [0.2, 0.25) is 5.02 Å². The monoisotopic (exact) mass is 313 g/mol. The number of benzene rings is 1. The number of nitrogens with zero attached hydrogens (tertiary/aromatic N) is 1. The number of carbonyl (C=O) groups is 1. The number of nitrogens with one attached hydrogen (secondary N) is 2. The van der Waals surface area contributed by atoms with E-state index in [9.17, 15) is 9.18 Å². The molecule has 0 unspecified atom stereocenters. The maximum Gasteiger partial charge on any atom is 0.319 e. The molecule has 0 spiro atoms. The molecule has 0 saturated carbocycles. The highest BCUT2D eigenvalue weighted by molar-refractivity contribution is 6.30. The van der Waals surface area contributed by atoms with Crippen molar-refractivity contribution in [3.05, 3.63) is 29.0 Å². The van der Waals surface area contributed by atoms with Crippen LogP contribution in [0, 0.1) is 11.7 Å². The highest BCUT2D eigenvalue weighted by Gasteiger charge is 2.24. The van der Waals surface area contributed by atoms with Crippen LogP contribution < -0.4 is 10.6 Å². The third-order valence-corrected chi connectivity index (χ3v) is 4.01. The smallest absolute Gasteiger partial charge is 0.319 e. The van der Waals surface area contributed by atoms with Crippen molar-refractivity contribution >= 4 is 23.3 Å². The number of carbonyl (C=O) groups excluding carboxylic acids is 1. The average Bonchev–Trinajstić information content (AvgIpc) is 2.89. The predicted octanol–water partition coefficient (Wildman–Crippen LogP) is 3.33. The molecule has 116 valence electrons. The number of anilines is 1. The minimum Gasteiger partial charge on any atom is -0.338 e. The van der Waals surface area contributed by atoms with Crippen LogP contribution in [-0.4, -0.2) is 36.6 Å². The van der Waals surface area contributed by atoms with Gasteiger partial charge in [0.2, 0.25) is 0 Å². The van der Waals surface area contributed by atoms with E-state index in [2.05, 4.69) is 29.4 Å². The number of hydrogen-bond donors (Lipinski definition) is 2. The van der Waals surface area contributed by atoms with Gasteiger partial charge in [-0.25, -0.2) is 9.18 Å². The van der Waals surface area contributed by atoms with Gasteiger partial charge >= 0.3 is 6.03 Å². The topological polar surface area (TPSA) is 44.4 Å². The zero-order chi connectivity index (χ0) is 15.4. The molecule has 1 atom stereocenters. The molecule has 0 aliphatic carbocycles. The van der Waals surface area contributed by atoms with Crippen molar-refractivity contribution in [2.24, 2.45) is 5.92 Å². The third kappa shape index (κ3) is 4.58. The Labute approximate surface area is 129 Å². The summed E-state index contributed by atoms with van der Waals surface area (Å²) in [5, 5.41) is 5.60. The van der Waals surface area contributed by atoms with Gasteiger partial charge in [-0.15, -0.1) is 0 Å². The molecule has 2 N–H and O–H groups in total. The first kappa shape index (κ1) is 16.0. The Bertz CT molecular complexity index is 510. The van der Waals surface area contributed by atoms with Crippen molar-refractivity contribution in [1.29, 1.82) is 0 Å². The van der Waals surface area contributed by atoms with Crippen LogP contribution >= 0.6 is 11.6 Å². The Morgan fingerprint density at radius 1 is 1.52 bits per heavy atom. The Morgan fingerprint density at radius 3 is 2.90 bits per heavy atom. The maximum absolute atomic E-state index is 13.6. The van der Waals surface area contributed by atoms with E-state index in [0.29, 0.717) is 23.5 Å². The first-order valence-electron chi connectivity index (χ1n) is 7.19. The molecule has 1 aromatic rings. The predicted molar refractivity (Wildman–Crippen MR) is 83.2 cm³/mol. The van der Waals surface area contributed by atoms with Gasteiger partial charge in [0.05, 0.1) is 5.69 Å². The third-order valence-electron chi connectivity index (χ3n) is 3.78. The largest absolute Gasteiger partial charge is 0.338 e. The summed E-state index contributed by atoms with van der Waals surface area (Å²) in [5.41, 5.74) is 0.132. The normalized spacial score (nSPS) is 19.0. The Morgan fingerprint density at radius 2 is 2.29 bits per heavy atom. The highest BCUT2D eigenvalue weighted by Crippen LogP contribution is 2.19. The van der Waals surface area contributed by atoms with Gasteiger partial charge in [0.15, 0.2) is 0 Å². The summed E-state index contributed by atoms with van der Waals surface area (Å²) in [6.45, 7) is 7.01. The van der Waals surface area contributed by atoms with Crippen molar-refractivity contribution in [3.8, 4) is 0 Å². The van der Waals surface area contributed by atoms with E-state index in [-0.39, 0.29) is 11.7 Å². The summed E-state index contributed by atoms with van der Waals surface area (Å²) in [6.07, 6.45) is 1.08. The molecule has 0 aromatic heterocycles. The molecule has 1 aliphatic rings. The second-order valence-corrected chi connectivity index (χ2v) is 6.14. The van der Waals surface area contributed by atoms with E-state index in [0.717, 1.165) is 19.5 Å². The molecule has 1 heterocycles. The van der Waals surface area contributed by atoms with E-state index in [1.165, 1.54) is 18.2 Å². The van der Waals surface area contributed by atoms with Crippen LogP contribution in [-0.2, 0) is 0 Å². The van der Waals surface area contributed by atoms with Gasteiger partial charge in [-0.1, -0.05) is 11.6 Å². The standard InChI is InChI=1S/C15H21ClFN3O/c1-10(2)20-6-5-11(9-20)8-18-15(21)19-14-4-3-12(16)7-13(14)17/h3-4,7,10-11H,5-6,8-9H2,1-2H3,(H2,18,19,21)/t11-/m0/s1. The van der Waals surface area contributed by atoms with Crippen LogP contribution in [0.3, 0.4) is 0 Å². The molecule has 1 fully saturated rings.